The van der Waals surface area contributed by atoms with Gasteiger partial charge in [-0.2, -0.15) is 0 Å². The van der Waals surface area contributed by atoms with E-state index in [9.17, 15) is 4.79 Å². The normalized spacial score (nSPS) is 14.2. The van der Waals surface area contributed by atoms with E-state index in [0.29, 0.717) is 17.9 Å². The summed E-state index contributed by atoms with van der Waals surface area (Å²) in [6.45, 7) is 6.74. The molecule has 0 unspecified atom stereocenters. The number of aryl methyl sites for hydroxylation is 1. The van der Waals surface area contributed by atoms with Crippen LogP contribution in [-0.4, -0.2) is 21.7 Å². The zero-order chi connectivity index (χ0) is 18.2. The van der Waals surface area contributed by atoms with Crippen LogP contribution < -0.4 is 16.0 Å². The van der Waals surface area contributed by atoms with Crippen LogP contribution in [0.25, 0.3) is 21.7 Å². The molecule has 0 saturated heterocycles. The lowest BCUT2D eigenvalue weighted by atomic mass is 9.93. The minimum Gasteiger partial charge on any atom is -0.492 e. The third kappa shape index (κ3) is 3.51. The summed E-state index contributed by atoms with van der Waals surface area (Å²) >= 11 is 0. The molecular weight excluding hydrogens is 314 g/mol. The second-order valence-corrected chi connectivity index (χ2v) is 7.51. The predicted octanol–water partition coefficient (Wildman–Crippen LogP) is 3.23. The van der Waals surface area contributed by atoms with E-state index in [-0.39, 0.29) is 11.1 Å². The minimum atomic E-state index is -0.385. The highest BCUT2D eigenvalue weighted by Crippen LogP contribution is 2.26. The van der Waals surface area contributed by atoms with Crippen molar-refractivity contribution >= 4 is 21.7 Å². The van der Waals surface area contributed by atoms with Gasteiger partial charge in [0.05, 0.1) is 10.9 Å². The molecule has 0 aliphatic rings. The van der Waals surface area contributed by atoms with Gasteiger partial charge in [0, 0.05) is 36.4 Å². The topological polar surface area (TPSA) is 70.1 Å². The Kier molecular flexibility index (Phi) is 4.52. The summed E-state index contributed by atoms with van der Waals surface area (Å²) in [4.78, 5) is 16.6. The smallest absolute Gasteiger partial charge is 0.260 e. The first-order valence-corrected chi connectivity index (χ1v) is 8.57. The number of nitrogens with two attached hydrogens (primary N) is 1. The molecule has 132 valence electrons. The third-order valence-corrected chi connectivity index (χ3v) is 4.42. The van der Waals surface area contributed by atoms with E-state index in [2.05, 4.69) is 18.8 Å². The van der Waals surface area contributed by atoms with Crippen molar-refractivity contribution in [2.75, 3.05) is 6.61 Å². The molecule has 0 bridgehead atoms. The van der Waals surface area contributed by atoms with Crippen LogP contribution in [0.2, 0.25) is 0 Å². The largest absolute Gasteiger partial charge is 0.492 e. The molecule has 0 radical (unpaired) electrons. The highest BCUT2D eigenvalue weighted by Gasteiger charge is 2.21. The second-order valence-electron chi connectivity index (χ2n) is 7.51. The average molecular weight is 339 g/mol. The fourth-order valence-electron chi connectivity index (χ4n) is 3.44. The minimum absolute atomic E-state index is 0.0591. The Hall–Kier alpha value is -2.40. The Balaban J connectivity index is 1.99. The number of hydrogen-bond acceptors (Lipinski definition) is 4. The van der Waals surface area contributed by atoms with E-state index >= 15 is 0 Å². The first kappa shape index (κ1) is 17.4. The quantitative estimate of drug-likeness (QED) is 0.725. The predicted molar refractivity (Wildman–Crippen MR) is 102 cm³/mol. The molecule has 3 aromatic rings. The number of nitrogens with zero attached hydrogens (tertiary/aromatic N) is 2. The van der Waals surface area contributed by atoms with Crippen LogP contribution in [0.15, 0.2) is 41.5 Å². The van der Waals surface area contributed by atoms with Crippen molar-refractivity contribution < 1.29 is 4.74 Å². The van der Waals surface area contributed by atoms with Crippen LogP contribution in [0.1, 0.15) is 27.2 Å². The van der Waals surface area contributed by atoms with E-state index in [1.54, 1.807) is 24.0 Å². The summed E-state index contributed by atoms with van der Waals surface area (Å²) in [6.07, 6.45) is 4.21. The molecule has 2 N–H and O–H groups in total. The van der Waals surface area contributed by atoms with Gasteiger partial charge >= 0.3 is 0 Å². The third-order valence-electron chi connectivity index (χ3n) is 4.42. The molecule has 2 heterocycles. The fraction of sp³-hybridized carbons (Fsp3) is 0.400. The van der Waals surface area contributed by atoms with Gasteiger partial charge in [0.15, 0.2) is 0 Å². The number of aromatic nitrogens is 2. The zero-order valence-electron chi connectivity index (χ0n) is 15.2. The summed E-state index contributed by atoms with van der Waals surface area (Å²) in [6, 6.07) is 7.70. The molecule has 5 nitrogen and oxygen atoms in total. The van der Waals surface area contributed by atoms with Gasteiger partial charge in [-0.25, -0.2) is 0 Å². The Morgan fingerprint density at radius 3 is 2.72 bits per heavy atom. The van der Waals surface area contributed by atoms with Crippen molar-refractivity contribution in [3.8, 4) is 5.75 Å². The van der Waals surface area contributed by atoms with E-state index in [0.717, 1.165) is 28.5 Å². The number of fused-ring (bicyclic) bond motifs is 3. The molecule has 3 rings (SSSR count). The molecule has 0 aliphatic heterocycles. The maximum absolute atomic E-state index is 12.6. The number of rotatable bonds is 5. The van der Waals surface area contributed by atoms with Crippen LogP contribution >= 0.6 is 0 Å². The first-order valence-electron chi connectivity index (χ1n) is 8.57. The summed E-state index contributed by atoms with van der Waals surface area (Å²) < 4.78 is 7.57. The van der Waals surface area contributed by atoms with E-state index < -0.39 is 0 Å². The lowest BCUT2D eigenvalue weighted by Gasteiger charge is -2.26. The molecule has 5 heteroatoms. The molecule has 0 spiro atoms. The van der Waals surface area contributed by atoms with E-state index in [1.807, 2.05) is 31.2 Å². The summed E-state index contributed by atoms with van der Waals surface area (Å²) in [7, 11) is 1.77. The van der Waals surface area contributed by atoms with E-state index in [4.69, 9.17) is 10.5 Å². The van der Waals surface area contributed by atoms with Crippen LogP contribution in [0.4, 0.5) is 0 Å². The first-order chi connectivity index (χ1) is 11.8. The second kappa shape index (κ2) is 6.48. The molecule has 1 atom stereocenters. The summed E-state index contributed by atoms with van der Waals surface area (Å²) in [5.74, 6) is 1.23. The Morgan fingerprint density at radius 1 is 1.24 bits per heavy atom. The van der Waals surface area contributed by atoms with Gasteiger partial charge in [-0.05, 0) is 42.8 Å². The van der Waals surface area contributed by atoms with Gasteiger partial charge in [-0.3, -0.25) is 9.78 Å². The molecule has 2 aromatic heterocycles. The number of pyridine rings is 2. The van der Waals surface area contributed by atoms with Crippen molar-refractivity contribution in [3.63, 3.8) is 0 Å². The Labute approximate surface area is 147 Å². The number of hydrogen-bond donors (Lipinski definition) is 1. The lowest BCUT2D eigenvalue weighted by Crippen LogP contribution is -2.43. The molecule has 0 saturated carbocycles. The maximum Gasteiger partial charge on any atom is 0.260 e. The van der Waals surface area contributed by atoms with Crippen molar-refractivity contribution in [3.05, 3.63) is 47.0 Å². The van der Waals surface area contributed by atoms with Crippen LogP contribution in [0.3, 0.4) is 0 Å². The maximum atomic E-state index is 12.6. The van der Waals surface area contributed by atoms with Crippen molar-refractivity contribution in [1.29, 1.82) is 0 Å². The van der Waals surface area contributed by atoms with Crippen molar-refractivity contribution in [1.82, 2.24) is 9.55 Å². The van der Waals surface area contributed by atoms with Crippen molar-refractivity contribution in [2.24, 2.45) is 18.7 Å². The van der Waals surface area contributed by atoms with Gasteiger partial charge in [-0.15, -0.1) is 0 Å². The number of ether oxygens (including phenoxy) is 1. The van der Waals surface area contributed by atoms with Gasteiger partial charge < -0.3 is 15.0 Å². The SMILES string of the molecule is CC(C)C[C@](C)(N)COc1ccc2c3ccncc3c(=O)n(C)c2c1. The van der Waals surface area contributed by atoms with Crippen LogP contribution in [-0.2, 0) is 7.05 Å². The highest BCUT2D eigenvalue weighted by molar-refractivity contribution is 6.05. The Morgan fingerprint density at radius 2 is 2.00 bits per heavy atom. The molecule has 0 fully saturated rings. The van der Waals surface area contributed by atoms with Gasteiger partial charge in [0.25, 0.3) is 5.56 Å². The van der Waals surface area contributed by atoms with Gasteiger partial charge in [0.2, 0.25) is 0 Å². The summed E-state index contributed by atoms with van der Waals surface area (Å²) in [5.41, 5.74) is 6.71. The Bertz CT molecular complexity index is 974. The fourth-order valence-corrected chi connectivity index (χ4v) is 3.44. The summed E-state index contributed by atoms with van der Waals surface area (Å²) in [5, 5.41) is 2.53. The van der Waals surface area contributed by atoms with Crippen LogP contribution in [0, 0.1) is 5.92 Å². The van der Waals surface area contributed by atoms with E-state index in [1.165, 1.54) is 0 Å². The molecule has 0 amide bonds. The molecule has 0 aliphatic carbocycles. The average Bonchev–Trinajstić information content (AvgIpc) is 2.57. The van der Waals surface area contributed by atoms with Gasteiger partial charge in [0.1, 0.15) is 12.4 Å². The molecular formula is C20H25N3O2. The lowest BCUT2D eigenvalue weighted by molar-refractivity contribution is 0.207. The van der Waals surface area contributed by atoms with Gasteiger partial charge in [-0.1, -0.05) is 13.8 Å². The van der Waals surface area contributed by atoms with Crippen LogP contribution in [0.5, 0.6) is 5.75 Å². The number of benzene rings is 1. The van der Waals surface area contributed by atoms with Crippen molar-refractivity contribution in [2.45, 2.75) is 32.7 Å². The standard InChI is InChI=1S/C20H25N3O2/c1-13(2)10-20(3,21)12-25-14-5-6-16-15-7-8-22-11-17(15)19(24)23(4)18(16)9-14/h5-9,11,13H,10,12,21H2,1-4H3/t20-/m0/s1. The zero-order valence-corrected chi connectivity index (χ0v) is 15.2. The molecule has 25 heavy (non-hydrogen) atoms. The monoisotopic (exact) mass is 339 g/mol. The molecule has 1 aromatic carbocycles. The highest BCUT2D eigenvalue weighted by atomic mass is 16.5.